The zero-order valence-corrected chi connectivity index (χ0v) is 12.6. The largest absolute Gasteiger partial charge is 0.348 e. The average Bonchev–Trinajstić information content (AvgIpc) is 2.40. The van der Waals surface area contributed by atoms with Crippen LogP contribution in [0, 0.1) is 13.8 Å². The van der Waals surface area contributed by atoms with Gasteiger partial charge in [0.25, 0.3) is 5.91 Å². The zero-order valence-electron chi connectivity index (χ0n) is 11.0. The molecule has 0 unspecified atom stereocenters. The van der Waals surface area contributed by atoms with Gasteiger partial charge in [0.1, 0.15) is 0 Å². The molecule has 0 bridgehead atoms. The van der Waals surface area contributed by atoms with Crippen LogP contribution in [0.15, 0.2) is 46.9 Å². The van der Waals surface area contributed by atoms with Crippen molar-refractivity contribution in [3.8, 4) is 0 Å². The maximum atomic E-state index is 12.2. The summed E-state index contributed by atoms with van der Waals surface area (Å²) in [4.78, 5) is 12.2. The number of nitrogens with one attached hydrogen (secondary N) is 1. The molecule has 2 aromatic carbocycles. The molecular formula is C16H16BrNO. The Morgan fingerprint density at radius 3 is 2.58 bits per heavy atom. The van der Waals surface area contributed by atoms with E-state index in [1.165, 1.54) is 5.56 Å². The van der Waals surface area contributed by atoms with Crippen LogP contribution in [0.1, 0.15) is 27.0 Å². The Kier molecular flexibility index (Phi) is 4.38. The number of benzene rings is 2. The summed E-state index contributed by atoms with van der Waals surface area (Å²) >= 11 is 3.39. The Labute approximate surface area is 122 Å². The second-order valence-corrected chi connectivity index (χ2v) is 5.48. The van der Waals surface area contributed by atoms with Crippen LogP contribution in [0.4, 0.5) is 0 Å². The maximum Gasteiger partial charge on any atom is 0.251 e. The normalized spacial score (nSPS) is 10.3. The summed E-state index contributed by atoms with van der Waals surface area (Å²) in [5, 5.41) is 2.96. The number of carbonyl (C=O) groups is 1. The third-order valence-corrected chi connectivity index (χ3v) is 3.64. The van der Waals surface area contributed by atoms with Gasteiger partial charge in [0.15, 0.2) is 0 Å². The number of aryl methyl sites for hydroxylation is 2. The smallest absolute Gasteiger partial charge is 0.251 e. The molecule has 0 spiro atoms. The lowest BCUT2D eigenvalue weighted by Gasteiger charge is -2.10. The molecule has 0 fully saturated rings. The minimum atomic E-state index is -0.0398. The van der Waals surface area contributed by atoms with E-state index in [1.807, 2.05) is 56.3 Å². The molecule has 0 saturated carbocycles. The Hall–Kier alpha value is -1.61. The summed E-state index contributed by atoms with van der Waals surface area (Å²) in [5.74, 6) is -0.0398. The quantitative estimate of drug-likeness (QED) is 0.911. The van der Waals surface area contributed by atoms with Gasteiger partial charge < -0.3 is 5.32 Å². The monoisotopic (exact) mass is 317 g/mol. The molecule has 0 aliphatic heterocycles. The Bertz CT molecular complexity index is 607. The summed E-state index contributed by atoms with van der Waals surface area (Å²) in [7, 11) is 0. The maximum absolute atomic E-state index is 12.2. The van der Waals surface area contributed by atoms with Gasteiger partial charge in [-0.1, -0.05) is 46.3 Å². The minimum Gasteiger partial charge on any atom is -0.348 e. The number of rotatable bonds is 3. The number of amides is 1. The first-order valence-electron chi connectivity index (χ1n) is 6.17. The van der Waals surface area contributed by atoms with E-state index in [4.69, 9.17) is 0 Å². The van der Waals surface area contributed by atoms with Crippen LogP contribution >= 0.6 is 15.9 Å². The highest BCUT2D eigenvalue weighted by molar-refractivity contribution is 9.10. The van der Waals surface area contributed by atoms with Crippen molar-refractivity contribution in [3.05, 3.63) is 69.2 Å². The third kappa shape index (κ3) is 3.44. The summed E-state index contributed by atoms with van der Waals surface area (Å²) in [6, 6.07) is 13.8. The fourth-order valence-electron chi connectivity index (χ4n) is 1.92. The Balaban J connectivity index is 2.10. The van der Waals surface area contributed by atoms with Crippen molar-refractivity contribution in [2.24, 2.45) is 0 Å². The second kappa shape index (κ2) is 6.02. The average molecular weight is 318 g/mol. The van der Waals surface area contributed by atoms with Gasteiger partial charge in [0.05, 0.1) is 0 Å². The molecule has 19 heavy (non-hydrogen) atoms. The molecule has 2 nitrogen and oxygen atoms in total. The molecule has 0 radical (unpaired) electrons. The van der Waals surface area contributed by atoms with Crippen LogP contribution in [0.2, 0.25) is 0 Å². The minimum absolute atomic E-state index is 0.0398. The fraction of sp³-hybridized carbons (Fsp3) is 0.188. The highest BCUT2D eigenvalue weighted by Crippen LogP contribution is 2.16. The molecule has 1 N–H and O–H groups in total. The van der Waals surface area contributed by atoms with E-state index in [2.05, 4.69) is 21.2 Å². The van der Waals surface area contributed by atoms with Gasteiger partial charge in [-0.3, -0.25) is 4.79 Å². The number of carbonyl (C=O) groups excluding carboxylic acids is 1. The van der Waals surface area contributed by atoms with Crippen molar-refractivity contribution in [2.45, 2.75) is 20.4 Å². The van der Waals surface area contributed by atoms with Gasteiger partial charge in [-0.15, -0.1) is 0 Å². The summed E-state index contributed by atoms with van der Waals surface area (Å²) in [5.41, 5.74) is 4.02. The molecule has 0 aliphatic rings. The molecule has 3 heteroatoms. The van der Waals surface area contributed by atoms with Gasteiger partial charge >= 0.3 is 0 Å². The lowest BCUT2D eigenvalue weighted by Crippen LogP contribution is -2.24. The lowest BCUT2D eigenvalue weighted by atomic mass is 10.1. The van der Waals surface area contributed by atoms with Crippen molar-refractivity contribution < 1.29 is 4.79 Å². The molecule has 0 saturated heterocycles. The summed E-state index contributed by atoms with van der Waals surface area (Å²) in [6.07, 6.45) is 0. The Morgan fingerprint density at radius 2 is 1.84 bits per heavy atom. The number of hydrogen-bond donors (Lipinski definition) is 1. The first-order chi connectivity index (χ1) is 9.08. The highest BCUT2D eigenvalue weighted by atomic mass is 79.9. The molecule has 98 valence electrons. The van der Waals surface area contributed by atoms with Crippen LogP contribution in [0.25, 0.3) is 0 Å². The van der Waals surface area contributed by atoms with E-state index in [0.29, 0.717) is 12.1 Å². The number of hydrogen-bond acceptors (Lipinski definition) is 1. The van der Waals surface area contributed by atoms with E-state index in [1.54, 1.807) is 0 Å². The molecule has 0 aromatic heterocycles. The molecule has 0 atom stereocenters. The molecular weight excluding hydrogens is 302 g/mol. The van der Waals surface area contributed by atoms with Gasteiger partial charge in [-0.05, 0) is 42.7 Å². The SMILES string of the molecule is Cc1ccccc1CNC(=O)c1cc(Br)ccc1C. The van der Waals surface area contributed by atoms with E-state index in [-0.39, 0.29) is 5.91 Å². The lowest BCUT2D eigenvalue weighted by molar-refractivity contribution is 0.0950. The summed E-state index contributed by atoms with van der Waals surface area (Å²) < 4.78 is 0.916. The molecule has 2 aromatic rings. The van der Waals surface area contributed by atoms with Crippen LogP contribution in [-0.2, 0) is 6.54 Å². The number of halogens is 1. The van der Waals surface area contributed by atoms with E-state index >= 15 is 0 Å². The fourth-order valence-corrected chi connectivity index (χ4v) is 2.28. The standard InChI is InChI=1S/C16H16BrNO/c1-11-5-3-4-6-13(11)10-18-16(19)15-9-14(17)8-7-12(15)2/h3-9H,10H2,1-2H3,(H,18,19). The third-order valence-electron chi connectivity index (χ3n) is 3.14. The van der Waals surface area contributed by atoms with Crippen molar-refractivity contribution in [1.29, 1.82) is 0 Å². The van der Waals surface area contributed by atoms with E-state index in [0.717, 1.165) is 15.6 Å². The van der Waals surface area contributed by atoms with Crippen molar-refractivity contribution in [2.75, 3.05) is 0 Å². The van der Waals surface area contributed by atoms with Gasteiger partial charge in [-0.2, -0.15) is 0 Å². The van der Waals surface area contributed by atoms with E-state index < -0.39 is 0 Å². The molecule has 1 amide bonds. The molecule has 0 heterocycles. The van der Waals surface area contributed by atoms with Gasteiger partial charge in [-0.25, -0.2) is 0 Å². The van der Waals surface area contributed by atoms with Crippen LogP contribution < -0.4 is 5.32 Å². The first kappa shape index (κ1) is 13.8. The van der Waals surface area contributed by atoms with Crippen LogP contribution in [0.5, 0.6) is 0 Å². The van der Waals surface area contributed by atoms with E-state index in [9.17, 15) is 4.79 Å². The van der Waals surface area contributed by atoms with Gasteiger partial charge in [0.2, 0.25) is 0 Å². The van der Waals surface area contributed by atoms with Crippen molar-refractivity contribution in [1.82, 2.24) is 5.32 Å². The predicted molar refractivity (Wildman–Crippen MR) is 81.2 cm³/mol. The summed E-state index contributed by atoms with van der Waals surface area (Å²) in [6.45, 7) is 4.54. The van der Waals surface area contributed by atoms with Crippen molar-refractivity contribution >= 4 is 21.8 Å². The predicted octanol–water partition coefficient (Wildman–Crippen LogP) is 4.00. The second-order valence-electron chi connectivity index (χ2n) is 4.57. The van der Waals surface area contributed by atoms with Crippen LogP contribution in [-0.4, -0.2) is 5.91 Å². The molecule has 0 aliphatic carbocycles. The zero-order chi connectivity index (χ0) is 13.8. The van der Waals surface area contributed by atoms with Crippen molar-refractivity contribution in [3.63, 3.8) is 0 Å². The topological polar surface area (TPSA) is 29.1 Å². The van der Waals surface area contributed by atoms with Gasteiger partial charge in [0, 0.05) is 16.6 Å². The Morgan fingerprint density at radius 1 is 1.11 bits per heavy atom. The molecule has 2 rings (SSSR count). The van der Waals surface area contributed by atoms with Crippen LogP contribution in [0.3, 0.4) is 0 Å². The highest BCUT2D eigenvalue weighted by Gasteiger charge is 2.09. The first-order valence-corrected chi connectivity index (χ1v) is 6.96.